The summed E-state index contributed by atoms with van der Waals surface area (Å²) in [6.07, 6.45) is 0. The van der Waals surface area contributed by atoms with Gasteiger partial charge in [-0.15, -0.1) is 0 Å². The molecule has 0 aromatic heterocycles. The van der Waals surface area contributed by atoms with E-state index in [-0.39, 0.29) is 0 Å². The Bertz CT molecular complexity index is 1700. The molecule has 0 bridgehead atoms. The van der Waals surface area contributed by atoms with Crippen molar-refractivity contribution in [2.75, 3.05) is 42.7 Å². The lowest BCUT2D eigenvalue weighted by molar-refractivity contribution is 0.319. The van der Waals surface area contributed by atoms with Gasteiger partial charge in [-0.1, -0.05) is 125 Å². The van der Waals surface area contributed by atoms with Crippen molar-refractivity contribution in [3.63, 3.8) is 0 Å². The van der Waals surface area contributed by atoms with Gasteiger partial charge in [0.2, 0.25) is 0 Å². The molecule has 58 heavy (non-hydrogen) atoms. The summed E-state index contributed by atoms with van der Waals surface area (Å²) < 4.78 is 58.7. The number of ether oxygens (including phenoxy) is 6. The van der Waals surface area contributed by atoms with Crippen LogP contribution in [0.25, 0.3) is 0 Å². The SMILES string of the molecule is COc1cc(C(C)(C)C)c(OP(Oc2c(C(C)(C)C)cc(OC)c(OC)c2C(C)(C)C)Oc2c(C(C)(C)C)cc(OC)c(OC)c2C(C)(C)C)c(C(C)(C)C)c1OC. The zero-order valence-electron chi connectivity index (χ0n) is 40.4. The van der Waals surface area contributed by atoms with Crippen LogP contribution in [0.4, 0.5) is 0 Å². The Morgan fingerprint density at radius 3 is 0.638 bits per heavy atom. The van der Waals surface area contributed by atoms with Crippen LogP contribution in [0.5, 0.6) is 51.7 Å². The lowest BCUT2D eigenvalue weighted by Gasteiger charge is -2.36. The highest BCUT2D eigenvalue weighted by atomic mass is 31.2. The average Bonchev–Trinajstić information content (AvgIpc) is 3.07. The number of hydrogen-bond acceptors (Lipinski definition) is 9. The first kappa shape index (κ1) is 48.7. The van der Waals surface area contributed by atoms with Crippen LogP contribution >= 0.6 is 8.60 Å². The van der Waals surface area contributed by atoms with Crippen LogP contribution in [0, 0.1) is 0 Å². The summed E-state index contributed by atoms with van der Waals surface area (Å²) in [4.78, 5) is 0. The molecular formula is C48H75O9P. The summed E-state index contributed by atoms with van der Waals surface area (Å²) in [6.45, 7) is 38.7. The molecule has 3 rings (SSSR count). The first-order chi connectivity index (χ1) is 26.3. The molecule has 10 heteroatoms. The van der Waals surface area contributed by atoms with Gasteiger partial charge in [-0.2, -0.15) is 0 Å². The Morgan fingerprint density at radius 2 is 0.500 bits per heavy atom. The molecule has 326 valence electrons. The number of methoxy groups -OCH3 is 6. The fraction of sp³-hybridized carbons (Fsp3) is 0.625. The number of hydrogen-bond donors (Lipinski definition) is 0. The van der Waals surface area contributed by atoms with Crippen LogP contribution in [0.3, 0.4) is 0 Å². The van der Waals surface area contributed by atoms with Gasteiger partial charge in [0.15, 0.2) is 34.5 Å². The molecule has 0 unspecified atom stereocenters. The van der Waals surface area contributed by atoms with Crippen molar-refractivity contribution in [3.05, 3.63) is 51.6 Å². The van der Waals surface area contributed by atoms with Crippen molar-refractivity contribution in [1.29, 1.82) is 0 Å². The van der Waals surface area contributed by atoms with Gasteiger partial charge < -0.3 is 42.0 Å². The molecular weight excluding hydrogens is 751 g/mol. The van der Waals surface area contributed by atoms with Crippen molar-refractivity contribution in [2.24, 2.45) is 0 Å². The van der Waals surface area contributed by atoms with E-state index in [0.717, 1.165) is 33.4 Å². The Morgan fingerprint density at radius 1 is 0.293 bits per heavy atom. The van der Waals surface area contributed by atoms with Gasteiger partial charge in [0.25, 0.3) is 0 Å². The van der Waals surface area contributed by atoms with E-state index in [1.807, 2.05) is 18.2 Å². The van der Waals surface area contributed by atoms with Crippen molar-refractivity contribution in [1.82, 2.24) is 0 Å². The van der Waals surface area contributed by atoms with Crippen LogP contribution < -0.4 is 42.0 Å². The third-order valence-corrected chi connectivity index (χ3v) is 11.0. The third-order valence-electron chi connectivity index (χ3n) is 10.0. The van der Waals surface area contributed by atoms with Crippen LogP contribution in [0.1, 0.15) is 158 Å². The topological polar surface area (TPSA) is 83.1 Å². The van der Waals surface area contributed by atoms with Gasteiger partial charge in [0.05, 0.1) is 42.7 Å². The van der Waals surface area contributed by atoms with E-state index in [1.54, 1.807) is 42.7 Å². The van der Waals surface area contributed by atoms with Crippen LogP contribution in [0.15, 0.2) is 18.2 Å². The molecule has 0 fully saturated rings. The highest BCUT2D eigenvalue weighted by Crippen LogP contribution is 2.60. The fourth-order valence-corrected chi connectivity index (χ4v) is 8.34. The van der Waals surface area contributed by atoms with Crippen molar-refractivity contribution < 1.29 is 42.0 Å². The second-order valence-corrected chi connectivity index (χ2v) is 22.1. The third kappa shape index (κ3) is 10.2. The molecule has 9 nitrogen and oxygen atoms in total. The summed E-state index contributed by atoms with van der Waals surface area (Å²) in [5.74, 6) is 5.42. The van der Waals surface area contributed by atoms with E-state index in [9.17, 15) is 0 Å². The van der Waals surface area contributed by atoms with Gasteiger partial charge in [-0.25, -0.2) is 0 Å². The molecule has 0 aliphatic heterocycles. The Kier molecular flexibility index (Phi) is 14.4. The van der Waals surface area contributed by atoms with Crippen molar-refractivity contribution in [2.45, 2.75) is 157 Å². The molecule has 0 saturated heterocycles. The molecule has 0 aliphatic carbocycles. The van der Waals surface area contributed by atoms with Crippen LogP contribution in [0.2, 0.25) is 0 Å². The van der Waals surface area contributed by atoms with Crippen molar-refractivity contribution in [3.8, 4) is 51.7 Å². The van der Waals surface area contributed by atoms with E-state index in [0.29, 0.717) is 51.7 Å². The molecule has 0 heterocycles. The Hall–Kier alpha value is -3.71. The van der Waals surface area contributed by atoms with Crippen LogP contribution in [-0.2, 0) is 32.5 Å². The fourth-order valence-electron chi connectivity index (χ4n) is 7.21. The first-order valence-electron chi connectivity index (χ1n) is 20.1. The maximum absolute atomic E-state index is 7.45. The van der Waals surface area contributed by atoms with Gasteiger partial charge in [0.1, 0.15) is 17.2 Å². The summed E-state index contributed by atoms with van der Waals surface area (Å²) in [7, 11) is 7.61. The summed E-state index contributed by atoms with van der Waals surface area (Å²) in [5.41, 5.74) is 2.62. The number of rotatable bonds is 12. The van der Waals surface area contributed by atoms with E-state index < -0.39 is 41.1 Å². The minimum Gasteiger partial charge on any atom is -0.493 e. The Balaban J connectivity index is 2.74. The molecule has 3 aromatic carbocycles. The summed E-state index contributed by atoms with van der Waals surface area (Å²) in [6, 6.07) is 6.02. The highest BCUT2D eigenvalue weighted by molar-refractivity contribution is 7.43. The minimum absolute atomic E-state index is 0.400. The first-order valence-corrected chi connectivity index (χ1v) is 21.2. The summed E-state index contributed by atoms with van der Waals surface area (Å²) in [5, 5.41) is 0. The molecule has 0 saturated carbocycles. The second kappa shape index (κ2) is 17.1. The Labute approximate surface area is 352 Å². The van der Waals surface area contributed by atoms with E-state index in [4.69, 9.17) is 42.0 Å². The van der Waals surface area contributed by atoms with E-state index in [1.165, 1.54) is 0 Å². The van der Waals surface area contributed by atoms with E-state index >= 15 is 0 Å². The molecule has 0 aliphatic rings. The molecule has 0 amide bonds. The standard InChI is InChI=1S/C48H75O9P/c1-43(2,3)28-25-31(49-19)40(52-22)34(46(10,11)12)37(28)55-58(56-38-29(44(4,5)6)26-32(50-20)41(53-23)35(38)47(13,14)15)57-39-30(45(7,8)9)27-33(51-21)42(54-24)36(39)48(16,17)18/h25-27H,1-24H3. The predicted octanol–water partition coefficient (Wildman–Crippen LogP) is 13.3. The van der Waals surface area contributed by atoms with E-state index in [2.05, 4.69) is 125 Å². The maximum Gasteiger partial charge on any atom is 0.530 e. The lowest BCUT2D eigenvalue weighted by atomic mass is 9.78. The molecule has 0 atom stereocenters. The summed E-state index contributed by atoms with van der Waals surface area (Å²) >= 11 is 0. The molecule has 3 aromatic rings. The van der Waals surface area contributed by atoms with Gasteiger partial charge >= 0.3 is 8.60 Å². The monoisotopic (exact) mass is 827 g/mol. The van der Waals surface area contributed by atoms with Crippen LogP contribution in [-0.4, -0.2) is 42.7 Å². The van der Waals surface area contributed by atoms with Gasteiger partial charge in [-0.05, 0) is 50.7 Å². The second-order valence-electron chi connectivity index (χ2n) is 21.1. The average molecular weight is 827 g/mol. The smallest absolute Gasteiger partial charge is 0.493 e. The van der Waals surface area contributed by atoms with Crippen molar-refractivity contribution >= 4 is 8.60 Å². The quantitative estimate of drug-likeness (QED) is 0.166. The minimum atomic E-state index is -2.35. The molecule has 0 N–H and O–H groups in total. The van der Waals surface area contributed by atoms with Gasteiger partial charge in [-0.3, -0.25) is 0 Å². The lowest BCUT2D eigenvalue weighted by Crippen LogP contribution is -2.24. The molecule has 0 spiro atoms. The zero-order valence-corrected chi connectivity index (χ0v) is 41.2. The van der Waals surface area contributed by atoms with Gasteiger partial charge in [0, 0.05) is 33.4 Å². The largest absolute Gasteiger partial charge is 0.530 e. The maximum atomic E-state index is 7.45. The zero-order chi connectivity index (χ0) is 44.7. The number of benzene rings is 3. The highest BCUT2D eigenvalue weighted by Gasteiger charge is 2.42. The molecule has 0 radical (unpaired) electrons. The normalized spacial score (nSPS) is 13.0. The predicted molar refractivity (Wildman–Crippen MR) is 240 cm³/mol.